The molecule has 0 atom stereocenters. The van der Waals surface area contributed by atoms with Crippen LogP contribution in [0.2, 0.25) is 0 Å². The van der Waals surface area contributed by atoms with E-state index in [1.54, 1.807) is 0 Å². The van der Waals surface area contributed by atoms with Crippen LogP contribution in [0, 0.1) is 0 Å². The monoisotopic (exact) mass is 625 g/mol. The van der Waals surface area contributed by atoms with Gasteiger partial charge in [0.2, 0.25) is 0 Å². The minimum atomic E-state index is -0.511. The van der Waals surface area contributed by atoms with E-state index in [-0.39, 0.29) is 0 Å². The van der Waals surface area contributed by atoms with Crippen molar-refractivity contribution in [1.29, 1.82) is 0 Å². The van der Waals surface area contributed by atoms with Crippen molar-refractivity contribution in [2.75, 3.05) is 0 Å². The van der Waals surface area contributed by atoms with E-state index in [0.29, 0.717) is 23.3 Å². The molecule has 10 rings (SSSR count). The first kappa shape index (κ1) is 27.5. The zero-order valence-corrected chi connectivity index (χ0v) is 26.3. The number of rotatable bonds is 4. The van der Waals surface area contributed by atoms with Gasteiger partial charge in [0.1, 0.15) is 0 Å². The van der Waals surface area contributed by atoms with Crippen LogP contribution in [-0.2, 0) is 5.41 Å². The highest BCUT2D eigenvalue weighted by atomic mass is 15.0. The van der Waals surface area contributed by atoms with E-state index in [2.05, 4.69) is 97.1 Å². The molecule has 228 valence electrons. The molecule has 2 aliphatic rings. The lowest BCUT2D eigenvalue weighted by Gasteiger charge is -2.29. The van der Waals surface area contributed by atoms with Gasteiger partial charge in [0.05, 0.1) is 11.1 Å². The molecular weight excluding hydrogens is 599 g/mol. The molecule has 0 unspecified atom stereocenters. The molecule has 1 spiro atoms. The largest absolute Gasteiger partial charge is 0.236 e. The van der Waals surface area contributed by atoms with Crippen molar-refractivity contribution in [3.8, 4) is 67.8 Å². The Balaban J connectivity index is 1.10. The lowest BCUT2D eigenvalue weighted by molar-refractivity contribution is 0.757. The van der Waals surface area contributed by atoms with Crippen LogP contribution in [0.25, 0.3) is 67.8 Å². The highest BCUT2D eigenvalue weighted by molar-refractivity contribution is 5.94. The maximum atomic E-state index is 5.43. The fraction of sp³-hybridized carbons (Fsp3) is 0.0227. The van der Waals surface area contributed by atoms with Crippen LogP contribution < -0.4 is 0 Å². The standard InChI is InChI=1S/C44H27N5/c1-3-13-28(14-4-1)41-47-42(29-15-5-2-6-16-29)49-43(48-41)31-25-23-30(24-26-31)40-45-27-35-34-19-9-12-22-38(34)44(39(35)46-40)36-20-10-7-17-32(36)33-18-8-11-21-37(33)44/h1-27H. The third kappa shape index (κ3) is 4.09. The van der Waals surface area contributed by atoms with Crippen LogP contribution in [0.3, 0.4) is 0 Å². The Kier molecular flexibility index (Phi) is 6.02. The Labute approximate surface area is 283 Å². The summed E-state index contributed by atoms with van der Waals surface area (Å²) >= 11 is 0. The molecule has 5 nitrogen and oxygen atoms in total. The molecule has 0 saturated heterocycles. The molecular formula is C44H27N5. The van der Waals surface area contributed by atoms with Gasteiger partial charge in [-0.3, -0.25) is 0 Å². The summed E-state index contributed by atoms with van der Waals surface area (Å²) < 4.78 is 0. The Morgan fingerprint density at radius 3 is 1.14 bits per heavy atom. The molecule has 8 aromatic rings. The second-order valence-electron chi connectivity index (χ2n) is 12.5. The highest BCUT2D eigenvalue weighted by Gasteiger charge is 2.53. The first-order chi connectivity index (χ1) is 24.3. The third-order valence-corrected chi connectivity index (χ3v) is 9.82. The van der Waals surface area contributed by atoms with Gasteiger partial charge in [0.15, 0.2) is 23.3 Å². The minimum Gasteiger partial charge on any atom is -0.236 e. The molecule has 2 heterocycles. The molecule has 0 amide bonds. The number of fused-ring (bicyclic) bond motifs is 10. The van der Waals surface area contributed by atoms with E-state index < -0.39 is 5.41 Å². The first-order valence-electron chi connectivity index (χ1n) is 16.4. The normalized spacial score (nSPS) is 13.1. The van der Waals surface area contributed by atoms with Crippen molar-refractivity contribution in [1.82, 2.24) is 24.9 Å². The van der Waals surface area contributed by atoms with Gasteiger partial charge in [-0.1, -0.05) is 158 Å². The lowest BCUT2D eigenvalue weighted by Crippen LogP contribution is -2.27. The topological polar surface area (TPSA) is 64.5 Å². The van der Waals surface area contributed by atoms with Gasteiger partial charge >= 0.3 is 0 Å². The molecule has 0 aliphatic heterocycles. The van der Waals surface area contributed by atoms with Gasteiger partial charge < -0.3 is 0 Å². The number of nitrogens with zero attached hydrogens (tertiary/aromatic N) is 5. The van der Waals surface area contributed by atoms with Crippen LogP contribution >= 0.6 is 0 Å². The Hall–Kier alpha value is -6.59. The fourth-order valence-corrected chi connectivity index (χ4v) is 7.66. The van der Waals surface area contributed by atoms with Crippen molar-refractivity contribution < 1.29 is 0 Å². The van der Waals surface area contributed by atoms with Crippen LogP contribution in [0.5, 0.6) is 0 Å². The summed E-state index contributed by atoms with van der Waals surface area (Å²) in [4.78, 5) is 25.0. The number of aromatic nitrogens is 5. The highest BCUT2D eigenvalue weighted by Crippen LogP contribution is 2.62. The van der Waals surface area contributed by atoms with Gasteiger partial charge in [-0.05, 0) is 33.4 Å². The van der Waals surface area contributed by atoms with Crippen molar-refractivity contribution >= 4 is 0 Å². The summed E-state index contributed by atoms with van der Waals surface area (Å²) in [6.07, 6.45) is 2.01. The van der Waals surface area contributed by atoms with Crippen molar-refractivity contribution in [3.63, 3.8) is 0 Å². The van der Waals surface area contributed by atoms with Gasteiger partial charge in [0.25, 0.3) is 0 Å². The van der Waals surface area contributed by atoms with Crippen LogP contribution in [0.15, 0.2) is 164 Å². The molecule has 5 heteroatoms. The van der Waals surface area contributed by atoms with Crippen molar-refractivity contribution in [2.24, 2.45) is 0 Å². The molecule has 2 aromatic heterocycles. The lowest BCUT2D eigenvalue weighted by atomic mass is 9.72. The van der Waals surface area contributed by atoms with Gasteiger partial charge in [-0.25, -0.2) is 24.9 Å². The van der Waals surface area contributed by atoms with E-state index in [1.807, 2.05) is 66.9 Å². The molecule has 0 radical (unpaired) electrons. The minimum absolute atomic E-state index is 0.511. The average Bonchev–Trinajstić information content (AvgIpc) is 3.66. The zero-order chi connectivity index (χ0) is 32.4. The van der Waals surface area contributed by atoms with Gasteiger partial charge in [0, 0.05) is 34.0 Å². The van der Waals surface area contributed by atoms with E-state index in [1.165, 1.54) is 33.4 Å². The molecule has 0 bridgehead atoms. The molecule has 2 aliphatic carbocycles. The molecule has 49 heavy (non-hydrogen) atoms. The van der Waals surface area contributed by atoms with Crippen molar-refractivity contribution in [3.05, 3.63) is 186 Å². The number of hydrogen-bond acceptors (Lipinski definition) is 5. The zero-order valence-electron chi connectivity index (χ0n) is 26.3. The summed E-state index contributed by atoms with van der Waals surface area (Å²) in [7, 11) is 0. The average molecular weight is 626 g/mol. The van der Waals surface area contributed by atoms with Gasteiger partial charge in [-0.2, -0.15) is 0 Å². The summed E-state index contributed by atoms with van der Waals surface area (Å²) in [6.45, 7) is 0. The second-order valence-corrected chi connectivity index (χ2v) is 12.5. The van der Waals surface area contributed by atoms with Gasteiger partial charge in [-0.15, -0.1) is 0 Å². The second kappa shape index (κ2) is 10.7. The Morgan fingerprint density at radius 2 is 0.673 bits per heavy atom. The van der Waals surface area contributed by atoms with E-state index in [0.717, 1.165) is 33.5 Å². The summed E-state index contributed by atoms with van der Waals surface area (Å²) in [5.74, 6) is 2.57. The first-order valence-corrected chi connectivity index (χ1v) is 16.4. The number of hydrogen-bond donors (Lipinski definition) is 0. The van der Waals surface area contributed by atoms with Crippen LogP contribution in [0.1, 0.15) is 22.4 Å². The molecule has 0 fully saturated rings. The quantitative estimate of drug-likeness (QED) is 0.195. The van der Waals surface area contributed by atoms with Crippen LogP contribution in [0.4, 0.5) is 0 Å². The maximum absolute atomic E-state index is 5.43. The smallest absolute Gasteiger partial charge is 0.164 e. The Bertz CT molecular complexity index is 2420. The van der Waals surface area contributed by atoms with E-state index >= 15 is 0 Å². The predicted octanol–water partition coefficient (Wildman–Crippen LogP) is 9.67. The molecule has 0 saturated carbocycles. The molecule has 6 aromatic carbocycles. The third-order valence-electron chi connectivity index (χ3n) is 9.82. The predicted molar refractivity (Wildman–Crippen MR) is 193 cm³/mol. The summed E-state index contributed by atoms with van der Waals surface area (Å²) in [5.41, 5.74) is 12.8. The summed E-state index contributed by atoms with van der Waals surface area (Å²) in [5, 5.41) is 0. The maximum Gasteiger partial charge on any atom is 0.164 e. The van der Waals surface area contributed by atoms with E-state index in [4.69, 9.17) is 24.9 Å². The SMILES string of the molecule is c1ccc(-c2nc(-c3ccccc3)nc(-c3ccc(-c4ncc5c(n4)C4(c6ccccc6-c6ccccc64)c4ccccc4-5)cc3)n2)cc1. The fourth-order valence-electron chi connectivity index (χ4n) is 7.66. The molecule has 0 N–H and O–H groups in total. The summed E-state index contributed by atoms with van der Waals surface area (Å²) in [6, 6.07) is 54.5. The number of benzene rings is 6. The van der Waals surface area contributed by atoms with E-state index in [9.17, 15) is 0 Å². The Morgan fingerprint density at radius 1 is 0.306 bits per heavy atom. The van der Waals surface area contributed by atoms with Crippen molar-refractivity contribution in [2.45, 2.75) is 5.41 Å². The van der Waals surface area contributed by atoms with Crippen LogP contribution in [-0.4, -0.2) is 24.9 Å².